The van der Waals surface area contributed by atoms with Gasteiger partial charge in [0.2, 0.25) is 0 Å². The molecule has 0 aliphatic rings. The zero-order chi connectivity index (χ0) is 10.6. The fourth-order valence-corrected chi connectivity index (χ4v) is 0.725. The van der Waals surface area contributed by atoms with Gasteiger partial charge in [-0.15, -0.1) is 0 Å². The Hall–Kier alpha value is -1.46. The van der Waals surface area contributed by atoms with Crippen molar-refractivity contribution in [2.24, 2.45) is 0 Å². The van der Waals surface area contributed by atoms with Gasteiger partial charge >= 0.3 is 12.1 Å². The molecule has 13 heavy (non-hydrogen) atoms. The average Bonchev–Trinajstić information content (AvgIpc) is 1.96. The largest absolute Gasteiger partial charge is 0.478 e. The number of aliphatic carboxylic acids is 1. The SMILES string of the molecule is C=C/C(C(=O)O)=C(\NC)C(F)(F)F. The molecule has 0 aliphatic carbocycles. The molecule has 0 unspecified atom stereocenters. The van der Waals surface area contributed by atoms with E-state index in [9.17, 15) is 18.0 Å². The summed E-state index contributed by atoms with van der Waals surface area (Å²) in [5.41, 5.74) is -2.20. The highest BCUT2D eigenvalue weighted by Crippen LogP contribution is 2.26. The summed E-state index contributed by atoms with van der Waals surface area (Å²) in [5.74, 6) is -1.67. The van der Waals surface area contributed by atoms with Crippen LogP contribution in [0, 0.1) is 0 Å². The third-order valence-electron chi connectivity index (χ3n) is 1.24. The second kappa shape index (κ2) is 3.97. The minimum absolute atomic E-state index is 0.641. The number of rotatable bonds is 3. The number of hydrogen-bond acceptors (Lipinski definition) is 2. The molecule has 0 atom stereocenters. The monoisotopic (exact) mass is 195 g/mol. The fourth-order valence-electron chi connectivity index (χ4n) is 0.725. The maximum absolute atomic E-state index is 12.1. The van der Waals surface area contributed by atoms with E-state index < -0.39 is 23.4 Å². The summed E-state index contributed by atoms with van der Waals surface area (Å²) in [5, 5.41) is 10.1. The van der Waals surface area contributed by atoms with Crippen LogP contribution in [0.4, 0.5) is 13.2 Å². The Labute approximate surface area is 72.6 Å². The van der Waals surface area contributed by atoms with E-state index in [1.807, 2.05) is 0 Å². The summed E-state index contributed by atoms with van der Waals surface area (Å²) < 4.78 is 36.3. The number of carboxylic acids is 1. The molecule has 0 fully saturated rings. The molecule has 0 heterocycles. The van der Waals surface area contributed by atoms with Crippen LogP contribution in [0.25, 0.3) is 0 Å². The molecule has 3 nitrogen and oxygen atoms in total. The van der Waals surface area contributed by atoms with Gasteiger partial charge in [0.25, 0.3) is 0 Å². The molecule has 0 spiro atoms. The molecular weight excluding hydrogens is 187 g/mol. The molecule has 2 N–H and O–H groups in total. The fraction of sp³-hybridized carbons (Fsp3) is 0.286. The summed E-state index contributed by atoms with van der Waals surface area (Å²) in [4.78, 5) is 10.3. The highest BCUT2D eigenvalue weighted by atomic mass is 19.4. The van der Waals surface area contributed by atoms with Crippen molar-refractivity contribution in [2.45, 2.75) is 6.18 Å². The van der Waals surface area contributed by atoms with Crippen LogP contribution >= 0.6 is 0 Å². The molecule has 0 aromatic rings. The van der Waals surface area contributed by atoms with Gasteiger partial charge < -0.3 is 10.4 Å². The number of carbonyl (C=O) groups is 1. The number of hydrogen-bond donors (Lipinski definition) is 2. The van der Waals surface area contributed by atoms with Crippen molar-refractivity contribution in [1.82, 2.24) is 5.32 Å². The van der Waals surface area contributed by atoms with Gasteiger partial charge in [-0.05, 0) is 0 Å². The predicted octanol–water partition coefficient (Wildman–Crippen LogP) is 1.29. The van der Waals surface area contributed by atoms with E-state index in [0.29, 0.717) is 6.08 Å². The highest BCUT2D eigenvalue weighted by molar-refractivity contribution is 5.90. The number of alkyl halides is 3. The summed E-state index contributed by atoms with van der Waals surface area (Å²) in [6.45, 7) is 2.99. The Kier molecular flexibility index (Phi) is 3.53. The molecule has 74 valence electrons. The minimum Gasteiger partial charge on any atom is -0.478 e. The predicted molar refractivity (Wildman–Crippen MR) is 40.0 cm³/mol. The summed E-state index contributed by atoms with van der Waals surface area (Å²) in [6.07, 6.45) is -4.07. The maximum Gasteiger partial charge on any atom is 0.431 e. The summed E-state index contributed by atoms with van der Waals surface area (Å²) in [7, 11) is 0.995. The Bertz CT molecular complexity index is 255. The number of nitrogens with one attached hydrogen (secondary N) is 1. The smallest absolute Gasteiger partial charge is 0.431 e. The van der Waals surface area contributed by atoms with E-state index in [0.717, 1.165) is 7.05 Å². The molecule has 0 rings (SSSR count). The molecule has 0 saturated carbocycles. The first-order valence-corrected chi connectivity index (χ1v) is 3.19. The summed E-state index contributed by atoms with van der Waals surface area (Å²) in [6, 6.07) is 0. The van der Waals surface area contributed by atoms with Crippen molar-refractivity contribution < 1.29 is 23.1 Å². The van der Waals surface area contributed by atoms with Crippen molar-refractivity contribution in [1.29, 1.82) is 0 Å². The van der Waals surface area contributed by atoms with Crippen LogP contribution < -0.4 is 5.32 Å². The Morgan fingerprint density at radius 3 is 2.08 bits per heavy atom. The van der Waals surface area contributed by atoms with Gasteiger partial charge in [0.05, 0.1) is 5.57 Å². The first-order chi connectivity index (χ1) is 5.84. The van der Waals surface area contributed by atoms with E-state index >= 15 is 0 Å². The normalized spacial score (nSPS) is 13.2. The van der Waals surface area contributed by atoms with Crippen molar-refractivity contribution in [3.63, 3.8) is 0 Å². The highest BCUT2D eigenvalue weighted by Gasteiger charge is 2.36. The minimum atomic E-state index is -4.71. The zero-order valence-corrected chi connectivity index (χ0v) is 6.77. The van der Waals surface area contributed by atoms with Crippen molar-refractivity contribution in [3.8, 4) is 0 Å². The lowest BCUT2D eigenvalue weighted by Gasteiger charge is -2.12. The number of carboxylic acid groups (broad SMARTS) is 1. The lowest BCUT2D eigenvalue weighted by molar-refractivity contribution is -0.134. The quantitative estimate of drug-likeness (QED) is 0.527. The van der Waals surface area contributed by atoms with Crippen LogP contribution in [-0.2, 0) is 4.79 Å². The van der Waals surface area contributed by atoms with Gasteiger partial charge in [-0.1, -0.05) is 12.7 Å². The van der Waals surface area contributed by atoms with E-state index in [1.54, 1.807) is 5.32 Å². The van der Waals surface area contributed by atoms with Gasteiger partial charge in [-0.2, -0.15) is 13.2 Å². The van der Waals surface area contributed by atoms with Crippen molar-refractivity contribution in [2.75, 3.05) is 7.05 Å². The van der Waals surface area contributed by atoms with Crippen LogP contribution in [0.15, 0.2) is 23.9 Å². The van der Waals surface area contributed by atoms with Crippen LogP contribution in [-0.4, -0.2) is 24.3 Å². The lowest BCUT2D eigenvalue weighted by Crippen LogP contribution is -2.26. The average molecular weight is 195 g/mol. The second-order valence-corrected chi connectivity index (χ2v) is 2.05. The molecule has 0 aromatic carbocycles. The Balaban J connectivity index is 5.31. The molecule has 0 radical (unpaired) electrons. The standard InChI is InChI=1S/C7H8F3NO2/c1-3-4(6(12)13)5(11-2)7(8,9)10/h3,11H,1H2,2H3,(H,12,13)/b5-4+. The van der Waals surface area contributed by atoms with Gasteiger partial charge in [-0.25, -0.2) is 4.79 Å². The van der Waals surface area contributed by atoms with Crippen LogP contribution in [0.3, 0.4) is 0 Å². The molecule has 0 amide bonds. The first kappa shape index (κ1) is 11.5. The van der Waals surface area contributed by atoms with E-state index in [2.05, 4.69) is 6.58 Å². The molecule has 0 saturated heterocycles. The third kappa shape index (κ3) is 2.81. The number of halogens is 3. The van der Waals surface area contributed by atoms with Crippen LogP contribution in [0.5, 0.6) is 0 Å². The van der Waals surface area contributed by atoms with Crippen LogP contribution in [0.2, 0.25) is 0 Å². The molecular formula is C7H8F3NO2. The van der Waals surface area contributed by atoms with E-state index in [4.69, 9.17) is 5.11 Å². The van der Waals surface area contributed by atoms with Gasteiger partial charge in [0.1, 0.15) is 5.70 Å². The van der Waals surface area contributed by atoms with Crippen molar-refractivity contribution in [3.05, 3.63) is 23.9 Å². The molecule has 0 aliphatic heterocycles. The van der Waals surface area contributed by atoms with Gasteiger partial charge in [0, 0.05) is 7.05 Å². The third-order valence-corrected chi connectivity index (χ3v) is 1.24. The lowest BCUT2D eigenvalue weighted by atomic mass is 10.2. The van der Waals surface area contributed by atoms with E-state index in [1.165, 1.54) is 0 Å². The first-order valence-electron chi connectivity index (χ1n) is 3.19. The second-order valence-electron chi connectivity index (χ2n) is 2.05. The van der Waals surface area contributed by atoms with Crippen molar-refractivity contribution >= 4 is 5.97 Å². The molecule has 0 aromatic heterocycles. The van der Waals surface area contributed by atoms with Gasteiger partial charge in [0.15, 0.2) is 0 Å². The Morgan fingerprint density at radius 1 is 1.54 bits per heavy atom. The van der Waals surface area contributed by atoms with Crippen LogP contribution in [0.1, 0.15) is 0 Å². The van der Waals surface area contributed by atoms with Gasteiger partial charge in [-0.3, -0.25) is 0 Å². The molecule has 0 bridgehead atoms. The number of allylic oxidation sites excluding steroid dienone is 1. The summed E-state index contributed by atoms with van der Waals surface area (Å²) >= 11 is 0. The van der Waals surface area contributed by atoms with E-state index in [-0.39, 0.29) is 0 Å². The maximum atomic E-state index is 12.1. The zero-order valence-electron chi connectivity index (χ0n) is 6.77. The molecule has 6 heteroatoms. The Morgan fingerprint density at radius 2 is 2.00 bits per heavy atom. The topological polar surface area (TPSA) is 49.3 Å².